The molecule has 1 atom stereocenters. The molecule has 114 valence electrons. The van der Waals surface area contributed by atoms with Gasteiger partial charge in [-0.05, 0) is 67.2 Å². The van der Waals surface area contributed by atoms with Gasteiger partial charge in [0, 0.05) is 22.7 Å². The van der Waals surface area contributed by atoms with E-state index in [-0.39, 0.29) is 0 Å². The number of hydrogen-bond donors (Lipinski definition) is 1. The Bertz CT molecular complexity index is 701. The molecule has 0 aliphatic carbocycles. The van der Waals surface area contributed by atoms with Crippen molar-refractivity contribution in [3.8, 4) is 0 Å². The molecule has 0 unspecified atom stereocenters. The van der Waals surface area contributed by atoms with E-state index in [2.05, 4.69) is 52.1 Å². The van der Waals surface area contributed by atoms with Gasteiger partial charge in [-0.1, -0.05) is 24.3 Å². The van der Waals surface area contributed by atoms with Gasteiger partial charge in [0.2, 0.25) is 0 Å². The van der Waals surface area contributed by atoms with Crippen LogP contribution in [0.1, 0.15) is 29.2 Å². The number of fused-ring (bicyclic) bond motifs is 1. The van der Waals surface area contributed by atoms with Crippen molar-refractivity contribution in [1.82, 2.24) is 10.3 Å². The molecule has 3 aromatic rings. The molecule has 22 heavy (non-hydrogen) atoms. The zero-order valence-electron chi connectivity index (χ0n) is 13.0. The number of aryl methyl sites for hydroxylation is 1. The number of benzene rings is 1. The van der Waals surface area contributed by atoms with Crippen molar-refractivity contribution >= 4 is 22.1 Å². The Kier molecular flexibility index (Phi) is 5.20. The molecule has 2 nitrogen and oxygen atoms in total. The van der Waals surface area contributed by atoms with E-state index in [9.17, 15) is 0 Å². The molecule has 0 spiro atoms. The number of hydrogen-bond acceptors (Lipinski definition) is 3. The first-order valence-corrected chi connectivity index (χ1v) is 8.76. The number of rotatable bonds is 7. The average Bonchev–Trinajstić information content (AvgIpc) is 3.09. The van der Waals surface area contributed by atoms with Gasteiger partial charge in [-0.25, -0.2) is 0 Å². The smallest absolute Gasteiger partial charge is 0.0346 e. The van der Waals surface area contributed by atoms with Crippen LogP contribution in [0.5, 0.6) is 0 Å². The molecular weight excluding hydrogens is 288 g/mol. The van der Waals surface area contributed by atoms with Crippen LogP contribution in [0.25, 0.3) is 10.8 Å². The van der Waals surface area contributed by atoms with Crippen LogP contribution in [0.15, 0.2) is 54.2 Å². The van der Waals surface area contributed by atoms with E-state index in [0.29, 0.717) is 5.92 Å². The molecule has 3 rings (SSSR count). The largest absolute Gasteiger partial charge is 0.320 e. The Morgan fingerprint density at radius 3 is 2.91 bits per heavy atom. The second-order valence-electron chi connectivity index (χ2n) is 5.66. The lowest BCUT2D eigenvalue weighted by Gasteiger charge is -2.16. The molecule has 0 fully saturated rings. The summed E-state index contributed by atoms with van der Waals surface area (Å²) in [5.74, 6) is 0.643. The van der Waals surface area contributed by atoms with E-state index in [1.807, 2.05) is 30.8 Å². The van der Waals surface area contributed by atoms with Crippen LogP contribution < -0.4 is 5.32 Å². The molecule has 0 bridgehead atoms. The highest BCUT2D eigenvalue weighted by Crippen LogP contribution is 2.30. The van der Waals surface area contributed by atoms with Crippen molar-refractivity contribution in [2.24, 2.45) is 0 Å². The van der Waals surface area contributed by atoms with Crippen LogP contribution in [0, 0.1) is 0 Å². The van der Waals surface area contributed by atoms with E-state index in [1.54, 1.807) is 0 Å². The topological polar surface area (TPSA) is 24.9 Å². The standard InChI is InChI=1S/C19H22N2S/c1-20-11-9-16(19-6-3-13-22-19)8-7-15-4-2-5-17-14-21-12-10-18(15)17/h2-6,10,12-14,16,20H,7-9,11H2,1H3/t16-/m0/s1. The van der Waals surface area contributed by atoms with Crippen LogP contribution in [0.2, 0.25) is 0 Å². The zero-order valence-corrected chi connectivity index (χ0v) is 13.8. The van der Waals surface area contributed by atoms with E-state index in [1.165, 1.54) is 34.1 Å². The fourth-order valence-electron chi connectivity index (χ4n) is 3.01. The number of nitrogens with zero attached hydrogens (tertiary/aromatic N) is 1. The van der Waals surface area contributed by atoms with Gasteiger partial charge in [-0.3, -0.25) is 4.98 Å². The molecule has 2 aromatic heterocycles. The molecule has 0 aliphatic rings. The molecule has 0 saturated heterocycles. The third-order valence-corrected chi connectivity index (χ3v) is 5.26. The van der Waals surface area contributed by atoms with Crippen molar-refractivity contribution in [2.75, 3.05) is 13.6 Å². The van der Waals surface area contributed by atoms with Gasteiger partial charge in [0.05, 0.1) is 0 Å². The number of aromatic nitrogens is 1. The molecule has 3 heteroatoms. The number of nitrogens with one attached hydrogen (secondary N) is 1. The van der Waals surface area contributed by atoms with Gasteiger partial charge < -0.3 is 5.32 Å². The van der Waals surface area contributed by atoms with Crippen molar-refractivity contribution < 1.29 is 0 Å². The summed E-state index contributed by atoms with van der Waals surface area (Å²) < 4.78 is 0. The van der Waals surface area contributed by atoms with Gasteiger partial charge in [0.25, 0.3) is 0 Å². The second kappa shape index (κ2) is 7.52. The summed E-state index contributed by atoms with van der Waals surface area (Å²) in [6.45, 7) is 1.07. The van der Waals surface area contributed by atoms with Gasteiger partial charge in [-0.2, -0.15) is 0 Å². The van der Waals surface area contributed by atoms with E-state index in [4.69, 9.17) is 0 Å². The van der Waals surface area contributed by atoms with Gasteiger partial charge >= 0.3 is 0 Å². The molecule has 0 saturated carbocycles. The van der Waals surface area contributed by atoms with Crippen LogP contribution in [0.3, 0.4) is 0 Å². The van der Waals surface area contributed by atoms with Crippen molar-refractivity contribution in [1.29, 1.82) is 0 Å². The predicted octanol–water partition coefficient (Wildman–Crippen LogP) is 4.62. The first-order valence-electron chi connectivity index (χ1n) is 7.88. The maximum absolute atomic E-state index is 4.22. The second-order valence-corrected chi connectivity index (χ2v) is 6.64. The maximum atomic E-state index is 4.22. The van der Waals surface area contributed by atoms with Crippen molar-refractivity contribution in [3.05, 3.63) is 64.6 Å². The zero-order chi connectivity index (χ0) is 15.2. The Balaban J connectivity index is 1.76. The molecule has 0 radical (unpaired) electrons. The fraction of sp³-hybridized carbons (Fsp3) is 0.316. The minimum Gasteiger partial charge on any atom is -0.320 e. The summed E-state index contributed by atoms with van der Waals surface area (Å²) in [5.41, 5.74) is 1.44. The van der Waals surface area contributed by atoms with Crippen LogP contribution in [-0.2, 0) is 6.42 Å². The van der Waals surface area contributed by atoms with Gasteiger partial charge in [0.15, 0.2) is 0 Å². The lowest BCUT2D eigenvalue weighted by Crippen LogP contribution is -2.12. The predicted molar refractivity (Wildman–Crippen MR) is 95.7 cm³/mol. The SMILES string of the molecule is CNCC[C@H](CCc1cccc2cnccc12)c1cccs1. The molecule has 1 N–H and O–H groups in total. The summed E-state index contributed by atoms with van der Waals surface area (Å²) in [6, 6.07) is 13.1. The molecule has 2 heterocycles. The lowest BCUT2D eigenvalue weighted by molar-refractivity contribution is 0.566. The quantitative estimate of drug-likeness (QED) is 0.688. The first kappa shape index (κ1) is 15.2. The minimum absolute atomic E-state index is 0.643. The fourth-order valence-corrected chi connectivity index (χ4v) is 3.91. The van der Waals surface area contributed by atoms with E-state index < -0.39 is 0 Å². The summed E-state index contributed by atoms with van der Waals surface area (Å²) in [6.07, 6.45) is 7.36. The average molecular weight is 310 g/mol. The summed E-state index contributed by atoms with van der Waals surface area (Å²) in [7, 11) is 2.03. The molecule has 0 amide bonds. The third-order valence-electron chi connectivity index (χ3n) is 4.22. The highest BCUT2D eigenvalue weighted by Gasteiger charge is 2.13. The third kappa shape index (κ3) is 3.54. The molecule has 1 aromatic carbocycles. The Morgan fingerprint density at radius 2 is 2.09 bits per heavy atom. The van der Waals surface area contributed by atoms with E-state index in [0.717, 1.165) is 13.0 Å². The summed E-state index contributed by atoms with van der Waals surface area (Å²) in [4.78, 5) is 5.74. The summed E-state index contributed by atoms with van der Waals surface area (Å²) in [5, 5.41) is 8.05. The highest BCUT2D eigenvalue weighted by atomic mass is 32.1. The highest BCUT2D eigenvalue weighted by molar-refractivity contribution is 7.10. The lowest BCUT2D eigenvalue weighted by atomic mass is 9.93. The van der Waals surface area contributed by atoms with Gasteiger partial charge in [0.1, 0.15) is 0 Å². The van der Waals surface area contributed by atoms with Crippen LogP contribution in [0.4, 0.5) is 0 Å². The Hall–Kier alpha value is -1.71. The molecular formula is C19H22N2S. The normalized spacial score (nSPS) is 12.6. The van der Waals surface area contributed by atoms with Crippen LogP contribution >= 0.6 is 11.3 Å². The van der Waals surface area contributed by atoms with E-state index >= 15 is 0 Å². The van der Waals surface area contributed by atoms with Gasteiger partial charge in [-0.15, -0.1) is 11.3 Å². The maximum Gasteiger partial charge on any atom is 0.0346 e. The van der Waals surface area contributed by atoms with Crippen LogP contribution in [-0.4, -0.2) is 18.6 Å². The van der Waals surface area contributed by atoms with Crippen molar-refractivity contribution in [2.45, 2.75) is 25.2 Å². The summed E-state index contributed by atoms with van der Waals surface area (Å²) >= 11 is 1.88. The monoisotopic (exact) mass is 310 g/mol. The number of thiophene rings is 1. The molecule has 0 aliphatic heterocycles. The minimum atomic E-state index is 0.643. The Labute approximate surface area is 136 Å². The first-order chi connectivity index (χ1) is 10.9. The number of pyridine rings is 1. The Morgan fingerprint density at radius 1 is 1.14 bits per heavy atom. The van der Waals surface area contributed by atoms with Crippen molar-refractivity contribution in [3.63, 3.8) is 0 Å².